The maximum Gasteiger partial charge on any atom is 0.352 e. The van der Waals surface area contributed by atoms with Gasteiger partial charge in [0.1, 0.15) is 0 Å². The summed E-state index contributed by atoms with van der Waals surface area (Å²) < 4.78 is 56.4. The van der Waals surface area contributed by atoms with Crippen LogP contribution in [0.15, 0.2) is 71.6 Å². The predicted octanol–water partition coefficient (Wildman–Crippen LogP) is 5.80. The molecule has 1 heterocycles. The van der Waals surface area contributed by atoms with E-state index in [0.29, 0.717) is 10.6 Å². The average molecular weight is 572 g/mol. The van der Waals surface area contributed by atoms with Gasteiger partial charge in [0.05, 0.1) is 22.7 Å². The SMILES string of the molecule is O=C(/C=C/c1cccc2c1N(Cc1ccc(Cl)cc1Cl)C(=O)C2(F)F)NS(=O)(=O)c1cccc(Cl)c1. The number of nitrogens with one attached hydrogen (secondary N) is 1. The van der Waals surface area contributed by atoms with Crippen molar-refractivity contribution in [1.82, 2.24) is 4.72 Å². The van der Waals surface area contributed by atoms with Crippen LogP contribution in [0.3, 0.4) is 0 Å². The fourth-order valence-corrected chi connectivity index (χ4v) is 5.35. The molecule has 186 valence electrons. The number of halogens is 5. The van der Waals surface area contributed by atoms with Crippen LogP contribution in [0, 0.1) is 0 Å². The summed E-state index contributed by atoms with van der Waals surface area (Å²) in [7, 11) is -4.23. The van der Waals surface area contributed by atoms with Crippen molar-refractivity contribution in [2.24, 2.45) is 0 Å². The van der Waals surface area contributed by atoms with Crippen molar-refractivity contribution in [2.75, 3.05) is 4.90 Å². The van der Waals surface area contributed by atoms with Crippen molar-refractivity contribution in [3.05, 3.63) is 98.5 Å². The molecule has 0 spiro atoms. The van der Waals surface area contributed by atoms with Gasteiger partial charge in [0.15, 0.2) is 0 Å². The number of hydrogen-bond donors (Lipinski definition) is 1. The highest BCUT2D eigenvalue weighted by molar-refractivity contribution is 7.90. The summed E-state index contributed by atoms with van der Waals surface area (Å²) in [5, 5.41) is 0.683. The Labute approximate surface area is 220 Å². The molecular weight excluding hydrogens is 557 g/mol. The van der Waals surface area contributed by atoms with E-state index in [-0.39, 0.29) is 32.7 Å². The molecule has 6 nitrogen and oxygen atoms in total. The van der Waals surface area contributed by atoms with Gasteiger partial charge in [-0.2, -0.15) is 8.78 Å². The van der Waals surface area contributed by atoms with Crippen LogP contribution in [-0.2, 0) is 32.1 Å². The summed E-state index contributed by atoms with van der Waals surface area (Å²) in [6.45, 7) is -0.280. The van der Waals surface area contributed by atoms with Gasteiger partial charge in [0, 0.05) is 21.1 Å². The van der Waals surface area contributed by atoms with Gasteiger partial charge < -0.3 is 4.90 Å². The molecule has 12 heteroatoms. The van der Waals surface area contributed by atoms with Crippen LogP contribution < -0.4 is 9.62 Å². The molecule has 0 atom stereocenters. The molecule has 3 aromatic rings. The van der Waals surface area contributed by atoms with Gasteiger partial charge in [0.25, 0.3) is 15.9 Å². The number of fused-ring (bicyclic) bond motifs is 1. The highest BCUT2D eigenvalue weighted by atomic mass is 35.5. The smallest absolute Gasteiger partial charge is 0.301 e. The lowest BCUT2D eigenvalue weighted by atomic mass is 10.0. The topological polar surface area (TPSA) is 83.6 Å². The number of anilines is 1. The number of amides is 2. The summed E-state index contributed by atoms with van der Waals surface area (Å²) >= 11 is 17.9. The van der Waals surface area contributed by atoms with E-state index in [1.165, 1.54) is 54.6 Å². The Kier molecular flexibility index (Phi) is 7.12. The second-order valence-corrected chi connectivity index (χ2v) is 10.7. The monoisotopic (exact) mass is 570 g/mol. The Morgan fingerprint density at radius 3 is 2.39 bits per heavy atom. The van der Waals surface area contributed by atoms with Crippen molar-refractivity contribution >= 4 is 68.4 Å². The largest absolute Gasteiger partial charge is 0.352 e. The van der Waals surface area contributed by atoms with Gasteiger partial charge in [-0.1, -0.05) is 65.1 Å². The second-order valence-electron chi connectivity index (χ2n) is 7.71. The minimum atomic E-state index is -4.23. The molecule has 4 rings (SSSR count). The first-order chi connectivity index (χ1) is 16.9. The first-order valence-electron chi connectivity index (χ1n) is 10.2. The molecule has 1 N–H and O–H groups in total. The van der Waals surface area contributed by atoms with Gasteiger partial charge >= 0.3 is 11.8 Å². The molecule has 0 unspecified atom stereocenters. The lowest BCUT2D eigenvalue weighted by Gasteiger charge is -2.20. The second kappa shape index (κ2) is 9.82. The van der Waals surface area contributed by atoms with E-state index in [9.17, 15) is 26.8 Å². The predicted molar refractivity (Wildman–Crippen MR) is 134 cm³/mol. The van der Waals surface area contributed by atoms with Crippen molar-refractivity contribution in [2.45, 2.75) is 17.4 Å². The summed E-state index contributed by atoms with van der Waals surface area (Å²) in [5.74, 6) is -6.30. The summed E-state index contributed by atoms with van der Waals surface area (Å²) in [6.07, 6.45) is 2.01. The van der Waals surface area contributed by atoms with Crippen molar-refractivity contribution in [3.8, 4) is 0 Å². The molecule has 0 fully saturated rings. The third kappa shape index (κ3) is 5.10. The maximum atomic E-state index is 14.8. The third-order valence-electron chi connectivity index (χ3n) is 5.29. The van der Waals surface area contributed by atoms with Crippen LogP contribution in [0.4, 0.5) is 14.5 Å². The van der Waals surface area contributed by atoms with Crippen LogP contribution in [0.1, 0.15) is 16.7 Å². The number of alkyl halides is 2. The van der Waals surface area contributed by atoms with Gasteiger partial charge in [-0.05, 0) is 47.5 Å². The van der Waals surface area contributed by atoms with Crippen LogP contribution >= 0.6 is 34.8 Å². The van der Waals surface area contributed by atoms with E-state index < -0.39 is 33.3 Å². The third-order valence-corrected chi connectivity index (χ3v) is 7.45. The minimum Gasteiger partial charge on any atom is -0.301 e. The average Bonchev–Trinajstić information content (AvgIpc) is 3.00. The standard InChI is InChI=1S/C24H15Cl3F2N2O4S/c25-16-4-2-5-18(11-16)36(34,35)30-21(32)10-8-14-3-1-6-19-22(14)31(23(33)24(19,28)29)13-15-7-9-17(26)12-20(15)27/h1-12H,13H2,(H,30,32)/b10-8+. The number of benzene rings is 3. The molecule has 0 bridgehead atoms. The quantitative estimate of drug-likeness (QED) is 0.379. The van der Waals surface area contributed by atoms with E-state index in [1.807, 2.05) is 4.72 Å². The number of rotatable bonds is 6. The lowest BCUT2D eigenvalue weighted by Crippen LogP contribution is -2.34. The van der Waals surface area contributed by atoms with Crippen molar-refractivity contribution < 1.29 is 26.8 Å². The maximum absolute atomic E-state index is 14.8. The molecule has 36 heavy (non-hydrogen) atoms. The Morgan fingerprint density at radius 1 is 1.00 bits per heavy atom. The fraction of sp³-hybridized carbons (Fsp3) is 0.0833. The Morgan fingerprint density at radius 2 is 1.69 bits per heavy atom. The highest BCUT2D eigenvalue weighted by Gasteiger charge is 2.53. The number of para-hydroxylation sites is 1. The normalized spacial score (nSPS) is 14.8. The first kappa shape index (κ1) is 26.1. The van der Waals surface area contributed by atoms with Crippen LogP contribution in [0.25, 0.3) is 6.08 Å². The lowest BCUT2D eigenvalue weighted by molar-refractivity contribution is -0.141. The van der Waals surface area contributed by atoms with Crippen molar-refractivity contribution in [3.63, 3.8) is 0 Å². The summed E-state index contributed by atoms with van der Waals surface area (Å²) in [4.78, 5) is 25.6. The van der Waals surface area contributed by atoms with Gasteiger partial charge in [-0.15, -0.1) is 0 Å². The first-order valence-corrected chi connectivity index (χ1v) is 12.8. The zero-order valence-electron chi connectivity index (χ0n) is 18.0. The Bertz CT molecular complexity index is 1530. The van der Waals surface area contributed by atoms with E-state index in [2.05, 4.69) is 0 Å². The van der Waals surface area contributed by atoms with Crippen LogP contribution in [0.5, 0.6) is 0 Å². The number of carbonyl (C=O) groups excluding carboxylic acids is 2. The zero-order valence-corrected chi connectivity index (χ0v) is 21.1. The van der Waals surface area contributed by atoms with E-state index in [1.54, 1.807) is 0 Å². The van der Waals surface area contributed by atoms with Crippen LogP contribution in [-0.4, -0.2) is 20.2 Å². The summed E-state index contributed by atoms with van der Waals surface area (Å²) in [5.41, 5.74) is -0.201. The van der Waals surface area contributed by atoms with Gasteiger partial charge in [-0.25, -0.2) is 13.1 Å². The number of nitrogens with zero attached hydrogens (tertiary/aromatic N) is 1. The zero-order chi connectivity index (χ0) is 26.3. The molecule has 1 aliphatic heterocycles. The van der Waals surface area contributed by atoms with Crippen molar-refractivity contribution in [1.29, 1.82) is 0 Å². The number of hydrogen-bond acceptors (Lipinski definition) is 4. The van der Waals surface area contributed by atoms with Crippen LogP contribution in [0.2, 0.25) is 15.1 Å². The fourth-order valence-electron chi connectivity index (χ4n) is 3.63. The summed E-state index contributed by atoms with van der Waals surface area (Å²) in [6, 6.07) is 13.6. The molecule has 0 radical (unpaired) electrons. The minimum absolute atomic E-state index is 0.0958. The number of carbonyl (C=O) groups is 2. The molecule has 0 aromatic heterocycles. The Balaban J connectivity index is 1.65. The number of sulfonamides is 1. The Hall–Kier alpha value is -2.98. The van der Waals surface area contributed by atoms with Gasteiger partial charge in [0.2, 0.25) is 0 Å². The molecule has 3 aromatic carbocycles. The van der Waals surface area contributed by atoms with Gasteiger partial charge in [-0.3, -0.25) is 9.59 Å². The highest BCUT2D eigenvalue weighted by Crippen LogP contribution is 2.47. The molecule has 2 amide bonds. The molecule has 0 saturated carbocycles. The molecule has 0 aliphatic carbocycles. The van der Waals surface area contributed by atoms with E-state index in [4.69, 9.17) is 34.8 Å². The molecule has 1 aliphatic rings. The molecular formula is C24H15Cl3F2N2O4S. The van der Waals surface area contributed by atoms with E-state index in [0.717, 1.165) is 23.1 Å². The van der Waals surface area contributed by atoms with E-state index >= 15 is 0 Å². The molecule has 0 saturated heterocycles.